The van der Waals surface area contributed by atoms with Crippen molar-refractivity contribution in [2.45, 2.75) is 20.3 Å². The van der Waals surface area contributed by atoms with Crippen molar-refractivity contribution in [2.24, 2.45) is 5.92 Å². The molecule has 2 nitrogen and oxygen atoms in total. The highest BCUT2D eigenvalue weighted by molar-refractivity contribution is 5.88. The Morgan fingerprint density at radius 3 is 2.83 bits per heavy atom. The molecule has 0 aromatic rings. The molecule has 0 atom stereocenters. The van der Waals surface area contributed by atoms with Gasteiger partial charge in [0.1, 0.15) is 0 Å². The Kier molecular flexibility index (Phi) is 5.81. The fraction of sp³-hybridized carbons (Fsp3) is 0.500. The van der Waals surface area contributed by atoms with Crippen LogP contribution in [0.5, 0.6) is 0 Å². The van der Waals surface area contributed by atoms with Gasteiger partial charge in [0.25, 0.3) is 0 Å². The number of hydrogen-bond donors (Lipinski definition) is 0. The van der Waals surface area contributed by atoms with Crippen LogP contribution in [0.4, 0.5) is 0 Å². The number of carbonyl (C=O) groups is 1. The molecule has 0 spiro atoms. The van der Waals surface area contributed by atoms with E-state index in [2.05, 4.69) is 32.3 Å². The first-order chi connectivity index (χ1) is 5.66. The van der Waals surface area contributed by atoms with E-state index in [-0.39, 0.29) is 0 Å². The molecule has 0 radical (unpaired) electrons. The highest BCUT2D eigenvalue weighted by atomic mass is 16.5. The molecule has 12 heavy (non-hydrogen) atoms. The lowest BCUT2D eigenvalue weighted by Crippen LogP contribution is -2.04. The van der Waals surface area contributed by atoms with Crippen LogP contribution in [-0.2, 0) is 9.53 Å². The van der Waals surface area contributed by atoms with Crippen molar-refractivity contribution in [1.82, 2.24) is 0 Å². The van der Waals surface area contributed by atoms with E-state index in [4.69, 9.17) is 4.74 Å². The molecule has 0 bridgehead atoms. The second-order valence-corrected chi connectivity index (χ2v) is 2.79. The fourth-order valence-electron chi connectivity index (χ4n) is 0.533. The lowest BCUT2D eigenvalue weighted by atomic mass is 10.1. The van der Waals surface area contributed by atoms with Gasteiger partial charge in [-0.05, 0) is 18.4 Å². The minimum atomic E-state index is -0.476. The molecule has 0 aromatic heterocycles. The number of allylic oxidation sites excluding steroid dienone is 1. The van der Waals surface area contributed by atoms with Crippen LogP contribution in [-0.4, -0.2) is 12.6 Å². The molecule has 0 heterocycles. The van der Waals surface area contributed by atoms with E-state index in [1.54, 1.807) is 0 Å². The predicted molar refractivity (Wildman–Crippen MR) is 48.4 cm³/mol. The SMILES string of the molecule is C=CC#CC(=O)OCCC(C)C. The molecule has 0 aliphatic carbocycles. The molecule has 0 amide bonds. The summed E-state index contributed by atoms with van der Waals surface area (Å²) in [6.45, 7) is 7.95. The number of ether oxygens (including phenoxy) is 1. The van der Waals surface area contributed by atoms with Crippen LogP contribution in [0.2, 0.25) is 0 Å². The van der Waals surface area contributed by atoms with E-state index in [9.17, 15) is 4.79 Å². The second-order valence-electron chi connectivity index (χ2n) is 2.79. The molecule has 0 unspecified atom stereocenters. The second kappa shape index (κ2) is 6.48. The highest BCUT2D eigenvalue weighted by Crippen LogP contribution is 1.98. The van der Waals surface area contributed by atoms with Gasteiger partial charge < -0.3 is 4.74 Å². The first kappa shape index (κ1) is 10.8. The fourth-order valence-corrected chi connectivity index (χ4v) is 0.533. The zero-order chi connectivity index (χ0) is 9.40. The van der Waals surface area contributed by atoms with Gasteiger partial charge in [0.05, 0.1) is 6.61 Å². The molecule has 0 saturated heterocycles. The van der Waals surface area contributed by atoms with Crippen LogP contribution >= 0.6 is 0 Å². The lowest BCUT2D eigenvalue weighted by molar-refractivity contribution is -0.136. The standard InChI is InChI=1S/C10H14O2/c1-4-5-6-10(11)12-8-7-9(2)3/h4,9H,1,7-8H2,2-3H3. The molecule has 0 N–H and O–H groups in total. The smallest absolute Gasteiger partial charge is 0.384 e. The minimum Gasteiger partial charge on any atom is -0.456 e. The molecule has 0 saturated carbocycles. The first-order valence-corrected chi connectivity index (χ1v) is 3.96. The Hall–Kier alpha value is -1.23. The summed E-state index contributed by atoms with van der Waals surface area (Å²) < 4.78 is 4.79. The van der Waals surface area contributed by atoms with E-state index in [0.717, 1.165) is 6.42 Å². The van der Waals surface area contributed by atoms with Crippen LogP contribution in [0.25, 0.3) is 0 Å². The van der Waals surface area contributed by atoms with Gasteiger partial charge in [-0.25, -0.2) is 4.79 Å². The molecule has 2 heteroatoms. The van der Waals surface area contributed by atoms with Crippen LogP contribution in [0.1, 0.15) is 20.3 Å². The van der Waals surface area contributed by atoms with Gasteiger partial charge in [-0.15, -0.1) is 0 Å². The van der Waals surface area contributed by atoms with Crippen molar-refractivity contribution in [1.29, 1.82) is 0 Å². The predicted octanol–water partition coefficient (Wildman–Crippen LogP) is 1.77. The largest absolute Gasteiger partial charge is 0.456 e. The maximum atomic E-state index is 10.7. The molecular formula is C10H14O2. The van der Waals surface area contributed by atoms with E-state index >= 15 is 0 Å². The Bertz CT molecular complexity index is 206. The normalized spacial score (nSPS) is 8.58. The molecule has 0 aliphatic heterocycles. The third-order valence-electron chi connectivity index (χ3n) is 1.20. The zero-order valence-corrected chi connectivity index (χ0v) is 7.59. The van der Waals surface area contributed by atoms with E-state index in [1.165, 1.54) is 6.08 Å². The first-order valence-electron chi connectivity index (χ1n) is 3.96. The number of hydrogen-bond acceptors (Lipinski definition) is 2. The monoisotopic (exact) mass is 166 g/mol. The third kappa shape index (κ3) is 6.88. The number of rotatable bonds is 3. The van der Waals surface area contributed by atoms with Gasteiger partial charge in [0, 0.05) is 5.92 Å². The van der Waals surface area contributed by atoms with Crippen LogP contribution in [0.15, 0.2) is 12.7 Å². The van der Waals surface area contributed by atoms with Gasteiger partial charge in [-0.1, -0.05) is 26.3 Å². The number of esters is 1. The Labute approximate surface area is 73.6 Å². The van der Waals surface area contributed by atoms with Crippen molar-refractivity contribution in [2.75, 3.05) is 6.61 Å². The summed E-state index contributed by atoms with van der Waals surface area (Å²) in [6, 6.07) is 0. The summed E-state index contributed by atoms with van der Waals surface area (Å²) in [7, 11) is 0. The molecule has 66 valence electrons. The molecule has 0 aromatic carbocycles. The van der Waals surface area contributed by atoms with Crippen molar-refractivity contribution in [3.63, 3.8) is 0 Å². The number of carbonyl (C=O) groups excluding carboxylic acids is 1. The highest BCUT2D eigenvalue weighted by Gasteiger charge is 1.97. The van der Waals surface area contributed by atoms with Crippen molar-refractivity contribution in [3.05, 3.63) is 12.7 Å². The summed E-state index contributed by atoms with van der Waals surface area (Å²) in [5, 5.41) is 0. The molecular weight excluding hydrogens is 152 g/mol. The Balaban J connectivity index is 3.51. The van der Waals surface area contributed by atoms with Crippen molar-refractivity contribution in [3.8, 4) is 11.8 Å². The summed E-state index contributed by atoms with van der Waals surface area (Å²) in [4.78, 5) is 10.7. The van der Waals surface area contributed by atoms with Crippen LogP contribution in [0.3, 0.4) is 0 Å². The summed E-state index contributed by atoms with van der Waals surface area (Å²) in [5.74, 6) is 4.77. The Morgan fingerprint density at radius 2 is 2.33 bits per heavy atom. The summed E-state index contributed by atoms with van der Waals surface area (Å²) in [6.07, 6.45) is 2.24. The average molecular weight is 166 g/mol. The molecule has 0 fully saturated rings. The maximum Gasteiger partial charge on any atom is 0.384 e. The lowest BCUT2D eigenvalue weighted by Gasteiger charge is -2.02. The van der Waals surface area contributed by atoms with Crippen molar-refractivity contribution >= 4 is 5.97 Å². The average Bonchev–Trinajstić information content (AvgIpc) is 2.00. The summed E-state index contributed by atoms with van der Waals surface area (Å²) in [5.41, 5.74) is 0. The summed E-state index contributed by atoms with van der Waals surface area (Å²) >= 11 is 0. The maximum absolute atomic E-state index is 10.7. The van der Waals surface area contributed by atoms with Crippen LogP contribution < -0.4 is 0 Å². The van der Waals surface area contributed by atoms with E-state index in [1.807, 2.05) is 0 Å². The van der Waals surface area contributed by atoms with Gasteiger partial charge in [0.2, 0.25) is 0 Å². The van der Waals surface area contributed by atoms with Crippen LogP contribution in [0, 0.1) is 17.8 Å². The van der Waals surface area contributed by atoms with Gasteiger partial charge >= 0.3 is 5.97 Å². The minimum absolute atomic E-state index is 0.447. The molecule has 0 aliphatic rings. The molecule has 0 rings (SSSR count). The van der Waals surface area contributed by atoms with Gasteiger partial charge in [-0.3, -0.25) is 0 Å². The van der Waals surface area contributed by atoms with Crippen molar-refractivity contribution < 1.29 is 9.53 Å². The zero-order valence-electron chi connectivity index (χ0n) is 7.59. The third-order valence-corrected chi connectivity index (χ3v) is 1.20. The topological polar surface area (TPSA) is 26.3 Å². The van der Waals surface area contributed by atoms with Gasteiger partial charge in [-0.2, -0.15) is 0 Å². The van der Waals surface area contributed by atoms with E-state index in [0.29, 0.717) is 12.5 Å². The quantitative estimate of drug-likeness (QED) is 0.363. The Morgan fingerprint density at radius 1 is 1.67 bits per heavy atom. The van der Waals surface area contributed by atoms with E-state index < -0.39 is 5.97 Å². The van der Waals surface area contributed by atoms with Gasteiger partial charge in [0.15, 0.2) is 0 Å².